The molecule has 0 aliphatic carbocycles. The SMILES string of the molecule is CCCCCCCCCCCCCC/C=C\CCCCCCCCCCC(=O)NC(COP(=O)(O)OCC[N+](C)(C)C)C(O)/C=C/CCCCCCCCCCCCCCCCCCCCC. The number of amides is 1. The summed E-state index contributed by atoms with van der Waals surface area (Å²) in [5.41, 5.74) is 0. The van der Waals surface area contributed by atoms with Crippen LogP contribution < -0.4 is 5.32 Å². The third kappa shape index (κ3) is 52.6. The Balaban J connectivity index is 4.20. The van der Waals surface area contributed by atoms with Crippen LogP contribution >= 0.6 is 7.82 Å². The molecule has 3 atom stereocenters. The Labute approximate surface area is 417 Å². The lowest BCUT2D eigenvalue weighted by Gasteiger charge is -2.25. The van der Waals surface area contributed by atoms with Crippen LogP contribution in [-0.2, 0) is 18.4 Å². The number of aliphatic hydroxyl groups is 1. The monoisotopic (exact) mass is 968 g/mol. The first kappa shape index (κ1) is 66.0. The van der Waals surface area contributed by atoms with Gasteiger partial charge in [-0.05, 0) is 44.9 Å². The first-order valence-corrected chi connectivity index (χ1v) is 30.7. The molecule has 0 bridgehead atoms. The summed E-state index contributed by atoms with van der Waals surface area (Å²) in [7, 11) is 1.58. The van der Waals surface area contributed by atoms with E-state index < -0.39 is 20.0 Å². The summed E-state index contributed by atoms with van der Waals surface area (Å²) in [4.78, 5) is 23.3. The molecule has 0 radical (unpaired) electrons. The second kappa shape index (κ2) is 49.9. The van der Waals surface area contributed by atoms with Gasteiger partial charge in [0.15, 0.2) is 0 Å². The summed E-state index contributed by atoms with van der Waals surface area (Å²) in [5.74, 6) is -0.176. The molecule has 0 aliphatic heterocycles. The smallest absolute Gasteiger partial charge is 0.387 e. The van der Waals surface area contributed by atoms with Crippen molar-refractivity contribution in [3.63, 3.8) is 0 Å². The first-order valence-electron chi connectivity index (χ1n) is 29.2. The van der Waals surface area contributed by atoms with Gasteiger partial charge in [-0.25, -0.2) is 4.57 Å². The number of unbranched alkanes of at least 4 members (excludes halogenated alkanes) is 39. The zero-order valence-electron chi connectivity index (χ0n) is 45.4. The van der Waals surface area contributed by atoms with Gasteiger partial charge in [-0.1, -0.05) is 263 Å². The molecule has 1 amide bonds. The molecule has 0 fully saturated rings. The predicted molar refractivity (Wildman–Crippen MR) is 291 cm³/mol. The maximum atomic E-state index is 13.0. The van der Waals surface area contributed by atoms with Crippen molar-refractivity contribution in [2.45, 2.75) is 302 Å². The molecule has 9 heteroatoms. The van der Waals surface area contributed by atoms with Gasteiger partial charge in [-0.15, -0.1) is 0 Å². The number of hydrogen-bond donors (Lipinski definition) is 3. The fourth-order valence-electron chi connectivity index (χ4n) is 8.80. The highest BCUT2D eigenvalue weighted by molar-refractivity contribution is 7.47. The summed E-state index contributed by atoms with van der Waals surface area (Å²) < 4.78 is 23.7. The van der Waals surface area contributed by atoms with Gasteiger partial charge >= 0.3 is 7.82 Å². The second-order valence-electron chi connectivity index (χ2n) is 21.4. The number of nitrogens with one attached hydrogen (secondary N) is 1. The van der Waals surface area contributed by atoms with Crippen molar-refractivity contribution in [3.8, 4) is 0 Å². The van der Waals surface area contributed by atoms with E-state index in [2.05, 4.69) is 31.3 Å². The van der Waals surface area contributed by atoms with E-state index in [1.165, 1.54) is 231 Å². The highest BCUT2D eigenvalue weighted by atomic mass is 31.2. The van der Waals surface area contributed by atoms with Crippen molar-refractivity contribution in [2.75, 3.05) is 40.9 Å². The van der Waals surface area contributed by atoms with E-state index >= 15 is 0 Å². The summed E-state index contributed by atoms with van der Waals surface area (Å²) in [6, 6.07) is -0.847. The molecule has 0 spiro atoms. The molecule has 67 heavy (non-hydrogen) atoms. The quantitative estimate of drug-likeness (QED) is 0.0243. The number of allylic oxidation sites excluding steroid dienone is 3. The molecule has 0 saturated heterocycles. The van der Waals surface area contributed by atoms with Crippen LogP contribution in [0.3, 0.4) is 0 Å². The minimum absolute atomic E-state index is 0.0626. The number of nitrogens with zero attached hydrogens (tertiary/aromatic N) is 1. The molecule has 0 aromatic heterocycles. The number of carbonyl (C=O) groups is 1. The van der Waals surface area contributed by atoms with Crippen molar-refractivity contribution in [1.29, 1.82) is 0 Å². The van der Waals surface area contributed by atoms with Crippen LogP contribution in [0.5, 0.6) is 0 Å². The summed E-state index contributed by atoms with van der Waals surface area (Å²) >= 11 is 0. The van der Waals surface area contributed by atoms with E-state index in [-0.39, 0.29) is 19.1 Å². The van der Waals surface area contributed by atoms with E-state index in [0.29, 0.717) is 17.4 Å². The third-order valence-electron chi connectivity index (χ3n) is 13.4. The fraction of sp³-hybridized carbons (Fsp3) is 0.914. The van der Waals surface area contributed by atoms with Gasteiger partial charge in [0.25, 0.3) is 0 Å². The largest absolute Gasteiger partial charge is 0.472 e. The lowest BCUT2D eigenvalue weighted by atomic mass is 10.0. The van der Waals surface area contributed by atoms with E-state index in [1.807, 2.05) is 27.2 Å². The maximum Gasteiger partial charge on any atom is 0.472 e. The van der Waals surface area contributed by atoms with E-state index in [1.54, 1.807) is 6.08 Å². The molecule has 0 saturated carbocycles. The van der Waals surface area contributed by atoms with Crippen LogP contribution in [0.2, 0.25) is 0 Å². The number of phosphoric acid groups is 1. The van der Waals surface area contributed by atoms with E-state index in [0.717, 1.165) is 38.5 Å². The Morgan fingerprint density at radius 1 is 0.493 bits per heavy atom. The molecule has 8 nitrogen and oxygen atoms in total. The Morgan fingerprint density at radius 2 is 0.806 bits per heavy atom. The highest BCUT2D eigenvalue weighted by Gasteiger charge is 2.27. The maximum absolute atomic E-state index is 13.0. The van der Waals surface area contributed by atoms with Crippen LogP contribution in [0, 0.1) is 0 Å². The van der Waals surface area contributed by atoms with Gasteiger partial charge in [0.2, 0.25) is 5.91 Å². The van der Waals surface area contributed by atoms with Crippen molar-refractivity contribution >= 4 is 13.7 Å². The van der Waals surface area contributed by atoms with Crippen LogP contribution in [0.25, 0.3) is 0 Å². The molecule has 3 unspecified atom stereocenters. The molecular weight excluding hydrogens is 852 g/mol. The standard InChI is InChI=1S/C58H115N2O6P/c1-6-8-10-12-14-16-18-20-22-24-26-28-29-30-32-34-36-38-40-42-44-46-48-50-52-58(62)59-56(55-66-67(63,64)65-54-53-60(3,4)5)57(61)51-49-47-45-43-41-39-37-35-33-31-27-25-23-21-19-17-15-13-11-9-7-2/h30,32,49,51,56-57,61H,6-29,31,33-48,50,52-55H2,1-5H3,(H-,59,62,63,64)/p+1/b32-30-,51-49+. The van der Waals surface area contributed by atoms with Gasteiger partial charge < -0.3 is 19.8 Å². The Bertz CT molecular complexity index is 1140. The average Bonchev–Trinajstić information content (AvgIpc) is 3.29. The van der Waals surface area contributed by atoms with E-state index in [9.17, 15) is 19.4 Å². The summed E-state index contributed by atoms with van der Waals surface area (Å²) in [6.07, 6.45) is 62.7. The molecule has 0 aromatic carbocycles. The van der Waals surface area contributed by atoms with Gasteiger partial charge in [-0.2, -0.15) is 0 Å². The second-order valence-corrected chi connectivity index (χ2v) is 22.8. The van der Waals surface area contributed by atoms with Crippen LogP contribution in [0.15, 0.2) is 24.3 Å². The van der Waals surface area contributed by atoms with Crippen molar-refractivity contribution in [3.05, 3.63) is 24.3 Å². The molecule has 0 aromatic rings. The average molecular weight is 969 g/mol. The number of hydrogen-bond acceptors (Lipinski definition) is 5. The predicted octanol–water partition coefficient (Wildman–Crippen LogP) is 17.6. The van der Waals surface area contributed by atoms with Crippen LogP contribution in [0.1, 0.15) is 290 Å². The first-order chi connectivity index (χ1) is 32.5. The van der Waals surface area contributed by atoms with E-state index in [4.69, 9.17) is 9.05 Å². The number of phosphoric ester groups is 1. The Kier molecular flexibility index (Phi) is 49.2. The lowest BCUT2D eigenvalue weighted by molar-refractivity contribution is -0.870. The molecule has 0 heterocycles. The number of rotatable bonds is 54. The number of carbonyl (C=O) groups excluding carboxylic acids is 1. The minimum atomic E-state index is -4.35. The Morgan fingerprint density at radius 3 is 1.15 bits per heavy atom. The minimum Gasteiger partial charge on any atom is -0.387 e. The molecule has 398 valence electrons. The summed E-state index contributed by atoms with van der Waals surface area (Å²) in [6.45, 7) is 4.86. The lowest BCUT2D eigenvalue weighted by Crippen LogP contribution is -2.45. The third-order valence-corrected chi connectivity index (χ3v) is 14.4. The topological polar surface area (TPSA) is 105 Å². The van der Waals surface area contributed by atoms with Gasteiger partial charge in [-0.3, -0.25) is 13.8 Å². The molecular formula is C58H116N2O6P+. The number of aliphatic hydroxyl groups excluding tert-OH is 1. The summed E-state index contributed by atoms with van der Waals surface area (Å²) in [5, 5.41) is 13.9. The normalized spacial score (nSPS) is 14.1. The van der Waals surface area contributed by atoms with Gasteiger partial charge in [0.1, 0.15) is 13.2 Å². The van der Waals surface area contributed by atoms with Crippen molar-refractivity contribution in [2.24, 2.45) is 0 Å². The zero-order chi connectivity index (χ0) is 49.2. The van der Waals surface area contributed by atoms with Crippen molar-refractivity contribution < 1.29 is 32.9 Å². The molecule has 3 N–H and O–H groups in total. The number of likely N-dealkylation sites (N-methyl/N-ethyl adjacent to an activating group) is 1. The number of quaternary nitrogens is 1. The van der Waals surface area contributed by atoms with Crippen LogP contribution in [-0.4, -0.2) is 73.4 Å². The Hall–Kier alpha value is -1.02. The van der Waals surface area contributed by atoms with Gasteiger partial charge in [0, 0.05) is 6.42 Å². The molecule has 0 rings (SSSR count). The highest BCUT2D eigenvalue weighted by Crippen LogP contribution is 2.43. The fourth-order valence-corrected chi connectivity index (χ4v) is 9.54. The van der Waals surface area contributed by atoms with Gasteiger partial charge in [0.05, 0.1) is 39.9 Å². The van der Waals surface area contributed by atoms with Crippen LogP contribution in [0.4, 0.5) is 0 Å². The van der Waals surface area contributed by atoms with Crippen molar-refractivity contribution in [1.82, 2.24) is 5.32 Å². The zero-order valence-corrected chi connectivity index (χ0v) is 46.3. The molecule has 0 aliphatic rings.